The van der Waals surface area contributed by atoms with E-state index in [-0.39, 0.29) is 17.7 Å². The highest BCUT2D eigenvalue weighted by Crippen LogP contribution is 2.36. The van der Waals surface area contributed by atoms with Crippen LogP contribution in [-0.2, 0) is 11.2 Å². The molecule has 1 aromatic rings. The number of nitrogens with two attached hydrogens (primary N) is 1. The molecule has 2 heteroatoms. The van der Waals surface area contributed by atoms with Crippen molar-refractivity contribution in [2.24, 2.45) is 11.7 Å². The molecular weight excluding hydrogens is 162 g/mol. The van der Waals surface area contributed by atoms with Crippen LogP contribution in [-0.4, -0.2) is 5.91 Å². The van der Waals surface area contributed by atoms with Crippen LogP contribution in [0.15, 0.2) is 24.3 Å². The maximum atomic E-state index is 11.1. The molecule has 0 unspecified atom stereocenters. The average molecular weight is 175 g/mol. The summed E-state index contributed by atoms with van der Waals surface area (Å²) in [4.78, 5) is 11.1. The fourth-order valence-corrected chi connectivity index (χ4v) is 2.14. The topological polar surface area (TPSA) is 43.1 Å². The third-order valence-corrected chi connectivity index (χ3v) is 2.95. The summed E-state index contributed by atoms with van der Waals surface area (Å²) in [5.74, 6) is 0.106. The van der Waals surface area contributed by atoms with Crippen molar-refractivity contribution >= 4 is 5.91 Å². The first-order chi connectivity index (χ1) is 6.20. The number of fused-ring (bicyclic) bond motifs is 1. The zero-order chi connectivity index (χ0) is 9.42. The van der Waals surface area contributed by atoms with Crippen LogP contribution in [0.4, 0.5) is 0 Å². The molecule has 2 nitrogen and oxygen atoms in total. The SMILES string of the molecule is C[C@@H]1c2ccccc2C[C@H]1C(N)=O. The lowest BCUT2D eigenvalue weighted by Gasteiger charge is -2.10. The normalized spacial score (nSPS) is 25.6. The summed E-state index contributed by atoms with van der Waals surface area (Å²) in [6.45, 7) is 2.07. The van der Waals surface area contributed by atoms with Crippen molar-refractivity contribution in [2.75, 3.05) is 0 Å². The lowest BCUT2D eigenvalue weighted by Crippen LogP contribution is -2.25. The molecule has 0 saturated heterocycles. The van der Waals surface area contributed by atoms with Gasteiger partial charge in [-0.2, -0.15) is 0 Å². The Hall–Kier alpha value is -1.31. The van der Waals surface area contributed by atoms with Gasteiger partial charge < -0.3 is 5.73 Å². The van der Waals surface area contributed by atoms with E-state index in [0.717, 1.165) is 6.42 Å². The van der Waals surface area contributed by atoms with Crippen LogP contribution in [0, 0.1) is 5.92 Å². The second-order valence-electron chi connectivity index (χ2n) is 3.70. The second kappa shape index (κ2) is 2.87. The molecule has 0 aromatic heterocycles. The summed E-state index contributed by atoms with van der Waals surface area (Å²) >= 11 is 0. The Morgan fingerprint density at radius 1 is 1.46 bits per heavy atom. The van der Waals surface area contributed by atoms with Crippen LogP contribution in [0.2, 0.25) is 0 Å². The number of carbonyl (C=O) groups is 1. The minimum atomic E-state index is -0.177. The van der Waals surface area contributed by atoms with Gasteiger partial charge >= 0.3 is 0 Å². The van der Waals surface area contributed by atoms with Crippen LogP contribution < -0.4 is 5.73 Å². The smallest absolute Gasteiger partial charge is 0.221 e. The lowest BCUT2D eigenvalue weighted by molar-refractivity contribution is -0.122. The molecule has 0 saturated carbocycles. The molecule has 2 atom stereocenters. The molecule has 0 heterocycles. The van der Waals surface area contributed by atoms with E-state index in [4.69, 9.17) is 5.73 Å². The van der Waals surface area contributed by atoms with Crippen LogP contribution in [0.3, 0.4) is 0 Å². The maximum absolute atomic E-state index is 11.1. The van der Waals surface area contributed by atoms with E-state index in [9.17, 15) is 4.79 Å². The van der Waals surface area contributed by atoms with Gasteiger partial charge in [0.25, 0.3) is 0 Å². The number of amides is 1. The highest BCUT2D eigenvalue weighted by Gasteiger charge is 2.32. The quantitative estimate of drug-likeness (QED) is 0.689. The van der Waals surface area contributed by atoms with Gasteiger partial charge in [-0.25, -0.2) is 0 Å². The largest absolute Gasteiger partial charge is 0.369 e. The number of primary amides is 1. The number of rotatable bonds is 1. The molecule has 0 bridgehead atoms. The fraction of sp³-hybridized carbons (Fsp3) is 0.364. The Morgan fingerprint density at radius 2 is 2.15 bits per heavy atom. The average Bonchev–Trinajstić information content (AvgIpc) is 2.45. The van der Waals surface area contributed by atoms with E-state index in [2.05, 4.69) is 19.1 Å². The van der Waals surface area contributed by atoms with Gasteiger partial charge in [-0.05, 0) is 23.5 Å². The summed E-state index contributed by atoms with van der Waals surface area (Å²) in [6, 6.07) is 8.19. The van der Waals surface area contributed by atoms with E-state index >= 15 is 0 Å². The zero-order valence-electron chi connectivity index (χ0n) is 7.66. The molecule has 0 spiro atoms. The molecule has 0 fully saturated rings. The monoisotopic (exact) mass is 175 g/mol. The minimum Gasteiger partial charge on any atom is -0.369 e. The van der Waals surface area contributed by atoms with Gasteiger partial charge in [0.1, 0.15) is 0 Å². The van der Waals surface area contributed by atoms with Crippen LogP contribution in [0.25, 0.3) is 0 Å². The Labute approximate surface area is 77.8 Å². The minimum absolute atomic E-state index is 0.00241. The van der Waals surface area contributed by atoms with Gasteiger partial charge in [-0.1, -0.05) is 31.2 Å². The molecule has 68 valence electrons. The molecule has 0 aliphatic heterocycles. The van der Waals surface area contributed by atoms with Gasteiger partial charge in [0.2, 0.25) is 5.91 Å². The third-order valence-electron chi connectivity index (χ3n) is 2.95. The van der Waals surface area contributed by atoms with Crippen molar-refractivity contribution in [1.29, 1.82) is 0 Å². The molecule has 0 radical (unpaired) electrons. The summed E-state index contributed by atoms with van der Waals surface area (Å²) in [7, 11) is 0. The third kappa shape index (κ3) is 1.22. The van der Waals surface area contributed by atoms with E-state index < -0.39 is 0 Å². The van der Waals surface area contributed by atoms with Gasteiger partial charge in [-0.3, -0.25) is 4.79 Å². The molecular formula is C11H13NO. The van der Waals surface area contributed by atoms with Crippen molar-refractivity contribution in [3.05, 3.63) is 35.4 Å². The maximum Gasteiger partial charge on any atom is 0.221 e. The Bertz CT molecular complexity index is 346. The van der Waals surface area contributed by atoms with Crippen molar-refractivity contribution < 1.29 is 4.79 Å². The van der Waals surface area contributed by atoms with E-state index in [1.54, 1.807) is 0 Å². The van der Waals surface area contributed by atoms with Gasteiger partial charge in [0.15, 0.2) is 0 Å². The lowest BCUT2D eigenvalue weighted by atomic mass is 9.94. The predicted molar refractivity (Wildman–Crippen MR) is 51.2 cm³/mol. The first-order valence-electron chi connectivity index (χ1n) is 4.57. The highest BCUT2D eigenvalue weighted by atomic mass is 16.1. The molecule has 2 N–H and O–H groups in total. The van der Waals surface area contributed by atoms with Gasteiger partial charge in [-0.15, -0.1) is 0 Å². The van der Waals surface area contributed by atoms with E-state index in [0.29, 0.717) is 0 Å². The Kier molecular flexibility index (Phi) is 1.83. The van der Waals surface area contributed by atoms with Crippen molar-refractivity contribution in [3.63, 3.8) is 0 Å². The fourth-order valence-electron chi connectivity index (χ4n) is 2.14. The van der Waals surface area contributed by atoms with E-state index in [1.165, 1.54) is 11.1 Å². The molecule has 1 amide bonds. The summed E-state index contributed by atoms with van der Waals surface area (Å²) in [5.41, 5.74) is 7.89. The first kappa shape index (κ1) is 8.30. The highest BCUT2D eigenvalue weighted by molar-refractivity contribution is 5.79. The van der Waals surface area contributed by atoms with Gasteiger partial charge in [0, 0.05) is 5.92 Å². The van der Waals surface area contributed by atoms with Crippen LogP contribution in [0.1, 0.15) is 24.0 Å². The first-order valence-corrected chi connectivity index (χ1v) is 4.57. The Balaban J connectivity index is 2.38. The van der Waals surface area contributed by atoms with E-state index in [1.807, 2.05) is 12.1 Å². The molecule has 2 rings (SSSR count). The molecule has 1 aliphatic rings. The summed E-state index contributed by atoms with van der Waals surface area (Å²) in [6.07, 6.45) is 0.812. The predicted octanol–water partition coefficient (Wildman–Crippen LogP) is 1.45. The number of benzene rings is 1. The summed E-state index contributed by atoms with van der Waals surface area (Å²) in [5, 5.41) is 0. The van der Waals surface area contributed by atoms with Crippen molar-refractivity contribution in [3.8, 4) is 0 Å². The molecule has 13 heavy (non-hydrogen) atoms. The molecule has 1 aliphatic carbocycles. The van der Waals surface area contributed by atoms with Crippen molar-refractivity contribution in [1.82, 2.24) is 0 Å². The Morgan fingerprint density at radius 3 is 2.77 bits per heavy atom. The van der Waals surface area contributed by atoms with Crippen LogP contribution >= 0.6 is 0 Å². The standard InChI is InChI=1S/C11H13NO/c1-7-9-5-3-2-4-8(9)6-10(7)11(12)13/h2-5,7,10H,6H2,1H3,(H2,12,13)/t7-,10-/m1/s1. The number of hydrogen-bond acceptors (Lipinski definition) is 1. The summed E-state index contributed by atoms with van der Waals surface area (Å²) < 4.78 is 0. The zero-order valence-corrected chi connectivity index (χ0v) is 7.66. The number of carbonyl (C=O) groups excluding carboxylic acids is 1. The number of hydrogen-bond donors (Lipinski definition) is 1. The second-order valence-corrected chi connectivity index (χ2v) is 3.70. The molecule has 1 aromatic carbocycles. The van der Waals surface area contributed by atoms with Crippen LogP contribution in [0.5, 0.6) is 0 Å². The van der Waals surface area contributed by atoms with Crippen molar-refractivity contribution in [2.45, 2.75) is 19.3 Å². The van der Waals surface area contributed by atoms with Gasteiger partial charge in [0.05, 0.1) is 0 Å².